The Labute approximate surface area is 425 Å². The normalized spacial score (nSPS) is 13.3. The van der Waals surface area contributed by atoms with Crippen LogP contribution < -0.4 is 5.32 Å². The van der Waals surface area contributed by atoms with Gasteiger partial charge in [0.15, 0.2) is 0 Å². The molecule has 0 aromatic rings. The van der Waals surface area contributed by atoms with Gasteiger partial charge >= 0.3 is 0 Å². The summed E-state index contributed by atoms with van der Waals surface area (Å²) in [5.74, 6) is -0.0448. The standard InChI is InChI=1S/C64H117NO3/c1-3-5-7-9-11-13-15-17-19-21-23-25-27-29-30-31-32-33-34-36-37-39-41-43-45-47-49-51-53-55-57-59-63(67)62(61-66)65-64(68)60-58-56-54-52-50-48-46-44-42-40-38-35-28-26-24-22-20-18-16-14-12-10-8-6-4-2/h6,8,12,14,18,20,24,26,35,38,42,44,62-63,66-67H,3-5,7,9-11,13,15-17,19,21-23,25,27-34,36-37,39-41,43,45-61H2,1-2H3,(H,65,68)/b8-6-,14-12-,20-18-,26-24-,38-35-,44-42-. The molecule has 4 nitrogen and oxygen atoms in total. The number of aliphatic hydroxyl groups excluding tert-OH is 2. The Bertz CT molecular complexity index is 1170. The summed E-state index contributed by atoms with van der Waals surface area (Å²) in [7, 11) is 0. The Kier molecular flexibility index (Phi) is 57.3. The van der Waals surface area contributed by atoms with Gasteiger partial charge in [-0.25, -0.2) is 0 Å². The van der Waals surface area contributed by atoms with E-state index in [1.807, 2.05) is 0 Å². The molecule has 0 heterocycles. The van der Waals surface area contributed by atoms with Crippen LogP contribution in [0.25, 0.3) is 0 Å². The van der Waals surface area contributed by atoms with Gasteiger partial charge in [-0.05, 0) is 64.2 Å². The third-order valence-corrected chi connectivity index (χ3v) is 13.7. The Hall–Kier alpha value is -2.17. The minimum absolute atomic E-state index is 0.0448. The fourth-order valence-electron chi connectivity index (χ4n) is 9.19. The fraction of sp³-hybridized carbons (Fsp3) is 0.797. The highest BCUT2D eigenvalue weighted by Crippen LogP contribution is 2.18. The molecule has 396 valence electrons. The van der Waals surface area contributed by atoms with Crippen LogP contribution in [0.1, 0.15) is 309 Å². The maximum absolute atomic E-state index is 12.5. The van der Waals surface area contributed by atoms with Crippen LogP contribution >= 0.6 is 0 Å². The van der Waals surface area contributed by atoms with Crippen LogP contribution in [0.3, 0.4) is 0 Å². The molecule has 0 aromatic heterocycles. The molecular formula is C64H117NO3. The zero-order valence-corrected chi connectivity index (χ0v) is 45.6. The molecule has 0 bridgehead atoms. The summed E-state index contributed by atoms with van der Waals surface area (Å²) in [5, 5.41) is 23.4. The topological polar surface area (TPSA) is 69.6 Å². The Morgan fingerprint density at radius 3 is 0.971 bits per heavy atom. The van der Waals surface area contributed by atoms with E-state index in [1.54, 1.807) is 0 Å². The van der Waals surface area contributed by atoms with E-state index in [-0.39, 0.29) is 12.5 Å². The van der Waals surface area contributed by atoms with Crippen LogP contribution in [0.15, 0.2) is 72.9 Å². The predicted octanol–water partition coefficient (Wildman–Crippen LogP) is 20.1. The van der Waals surface area contributed by atoms with Crippen molar-refractivity contribution in [3.05, 3.63) is 72.9 Å². The summed E-state index contributed by atoms with van der Waals surface area (Å²) >= 11 is 0. The summed E-state index contributed by atoms with van der Waals surface area (Å²) < 4.78 is 0. The summed E-state index contributed by atoms with van der Waals surface area (Å²) in [4.78, 5) is 12.5. The van der Waals surface area contributed by atoms with E-state index in [0.29, 0.717) is 12.8 Å². The Balaban J connectivity index is 3.48. The average Bonchev–Trinajstić information content (AvgIpc) is 3.34. The molecule has 0 saturated heterocycles. The molecule has 0 spiro atoms. The van der Waals surface area contributed by atoms with Gasteiger partial charge in [0.05, 0.1) is 18.8 Å². The van der Waals surface area contributed by atoms with Crippen molar-refractivity contribution in [2.45, 2.75) is 321 Å². The molecule has 2 unspecified atom stereocenters. The first-order valence-corrected chi connectivity index (χ1v) is 30.1. The van der Waals surface area contributed by atoms with Crippen molar-refractivity contribution in [2.75, 3.05) is 6.61 Å². The molecule has 0 fully saturated rings. The first-order valence-electron chi connectivity index (χ1n) is 30.1. The maximum Gasteiger partial charge on any atom is 0.220 e. The van der Waals surface area contributed by atoms with Gasteiger partial charge in [-0.2, -0.15) is 0 Å². The quantitative estimate of drug-likeness (QED) is 0.0420. The van der Waals surface area contributed by atoms with Gasteiger partial charge in [-0.3, -0.25) is 4.79 Å². The Morgan fingerprint density at radius 2 is 0.647 bits per heavy atom. The third-order valence-electron chi connectivity index (χ3n) is 13.7. The molecule has 0 aliphatic heterocycles. The summed E-state index contributed by atoms with van der Waals surface area (Å²) in [5.41, 5.74) is 0. The van der Waals surface area contributed by atoms with Gasteiger partial charge < -0.3 is 15.5 Å². The van der Waals surface area contributed by atoms with Crippen LogP contribution in [0.4, 0.5) is 0 Å². The highest BCUT2D eigenvalue weighted by Gasteiger charge is 2.20. The van der Waals surface area contributed by atoms with Gasteiger partial charge in [-0.1, -0.05) is 311 Å². The van der Waals surface area contributed by atoms with Gasteiger partial charge in [0.2, 0.25) is 5.91 Å². The van der Waals surface area contributed by atoms with Crippen LogP contribution in [-0.2, 0) is 4.79 Å². The summed E-state index contributed by atoms with van der Waals surface area (Å²) in [6.07, 6.45) is 84.8. The van der Waals surface area contributed by atoms with Gasteiger partial charge in [-0.15, -0.1) is 0 Å². The molecule has 0 aliphatic rings. The smallest absolute Gasteiger partial charge is 0.220 e. The van der Waals surface area contributed by atoms with Crippen molar-refractivity contribution in [2.24, 2.45) is 0 Å². The van der Waals surface area contributed by atoms with E-state index in [1.165, 1.54) is 205 Å². The number of amides is 1. The molecule has 2 atom stereocenters. The lowest BCUT2D eigenvalue weighted by Crippen LogP contribution is -2.45. The largest absolute Gasteiger partial charge is 0.394 e. The van der Waals surface area contributed by atoms with Gasteiger partial charge in [0.1, 0.15) is 0 Å². The fourth-order valence-corrected chi connectivity index (χ4v) is 9.19. The maximum atomic E-state index is 12.5. The molecule has 3 N–H and O–H groups in total. The summed E-state index contributed by atoms with van der Waals surface area (Å²) in [6, 6.07) is -0.551. The molecule has 0 aliphatic carbocycles. The van der Waals surface area contributed by atoms with Crippen molar-refractivity contribution in [1.82, 2.24) is 5.32 Å². The van der Waals surface area contributed by atoms with Crippen LogP contribution in [0, 0.1) is 0 Å². The average molecular weight is 949 g/mol. The second kappa shape index (κ2) is 59.1. The van der Waals surface area contributed by atoms with Crippen LogP contribution in [0.2, 0.25) is 0 Å². The summed E-state index contributed by atoms with van der Waals surface area (Å²) in [6.45, 7) is 4.26. The Morgan fingerprint density at radius 1 is 0.368 bits per heavy atom. The van der Waals surface area contributed by atoms with Crippen molar-refractivity contribution in [3.8, 4) is 0 Å². The lowest BCUT2D eigenvalue weighted by atomic mass is 10.0. The number of unbranched alkanes of at least 4 members (excludes halogenated alkanes) is 36. The van der Waals surface area contributed by atoms with E-state index >= 15 is 0 Å². The number of aliphatic hydroxyl groups is 2. The lowest BCUT2D eigenvalue weighted by molar-refractivity contribution is -0.123. The predicted molar refractivity (Wildman–Crippen MR) is 304 cm³/mol. The second-order valence-corrected chi connectivity index (χ2v) is 20.4. The monoisotopic (exact) mass is 948 g/mol. The lowest BCUT2D eigenvalue weighted by Gasteiger charge is -2.22. The molecule has 68 heavy (non-hydrogen) atoms. The zero-order valence-electron chi connectivity index (χ0n) is 45.6. The number of nitrogens with one attached hydrogen (secondary N) is 1. The van der Waals surface area contributed by atoms with Crippen LogP contribution in [0.5, 0.6) is 0 Å². The van der Waals surface area contributed by atoms with Crippen molar-refractivity contribution in [1.29, 1.82) is 0 Å². The molecule has 0 aromatic carbocycles. The van der Waals surface area contributed by atoms with Gasteiger partial charge in [0.25, 0.3) is 0 Å². The third kappa shape index (κ3) is 54.8. The van der Waals surface area contributed by atoms with Crippen molar-refractivity contribution in [3.63, 3.8) is 0 Å². The molecule has 1 amide bonds. The number of carbonyl (C=O) groups excluding carboxylic acids is 1. The van der Waals surface area contributed by atoms with E-state index in [4.69, 9.17) is 0 Å². The minimum Gasteiger partial charge on any atom is -0.394 e. The SMILES string of the molecule is CC/C=C\C/C=C\C/C=C\C/C=C\C/C=C\C/C=C\CCCCCCCCC(=O)NC(CO)C(O)CCCCCCCCCCCCCCCCCCCCCCCCCCCCCCCCC. The van der Waals surface area contributed by atoms with Crippen LogP contribution in [-0.4, -0.2) is 34.9 Å². The number of allylic oxidation sites excluding steroid dienone is 12. The molecule has 0 rings (SSSR count). The van der Waals surface area contributed by atoms with Crippen molar-refractivity contribution < 1.29 is 15.0 Å². The highest BCUT2D eigenvalue weighted by molar-refractivity contribution is 5.76. The number of carbonyl (C=O) groups is 1. The highest BCUT2D eigenvalue weighted by atomic mass is 16.3. The van der Waals surface area contributed by atoms with E-state index in [0.717, 1.165) is 77.0 Å². The number of hydrogen-bond donors (Lipinski definition) is 3. The first kappa shape index (κ1) is 65.8. The first-order chi connectivity index (χ1) is 33.7. The molecule has 0 saturated carbocycles. The number of hydrogen-bond acceptors (Lipinski definition) is 3. The molecular weight excluding hydrogens is 831 g/mol. The zero-order chi connectivity index (χ0) is 49.2. The van der Waals surface area contributed by atoms with E-state index in [9.17, 15) is 15.0 Å². The molecule has 0 radical (unpaired) electrons. The minimum atomic E-state index is -0.672. The number of rotatable bonds is 55. The van der Waals surface area contributed by atoms with E-state index < -0.39 is 12.1 Å². The van der Waals surface area contributed by atoms with Crippen molar-refractivity contribution >= 4 is 5.91 Å². The van der Waals surface area contributed by atoms with E-state index in [2.05, 4.69) is 92.1 Å². The molecule has 4 heteroatoms. The van der Waals surface area contributed by atoms with Gasteiger partial charge in [0, 0.05) is 6.42 Å². The second-order valence-electron chi connectivity index (χ2n) is 20.4.